The Hall–Kier alpha value is -1.88. The molecule has 5 nitrogen and oxygen atoms in total. The SMILES string of the molecule is COCCN(CC(C)C)C(=O)CC1c2ccccc2CCN1C(C)=O. The molecule has 0 N–H and O–H groups in total. The number of benzene rings is 1. The smallest absolute Gasteiger partial charge is 0.225 e. The van der Waals surface area contributed by atoms with Crippen LogP contribution in [0.15, 0.2) is 24.3 Å². The van der Waals surface area contributed by atoms with E-state index in [9.17, 15) is 9.59 Å². The van der Waals surface area contributed by atoms with Crippen LogP contribution in [0.4, 0.5) is 0 Å². The summed E-state index contributed by atoms with van der Waals surface area (Å²) in [5.74, 6) is 0.502. The minimum Gasteiger partial charge on any atom is -0.383 e. The lowest BCUT2D eigenvalue weighted by molar-refractivity contribution is -0.137. The lowest BCUT2D eigenvalue weighted by atomic mass is 9.90. The summed E-state index contributed by atoms with van der Waals surface area (Å²) in [7, 11) is 1.65. The third kappa shape index (κ3) is 5.05. The molecule has 0 radical (unpaired) electrons. The molecule has 0 aliphatic carbocycles. The third-order valence-corrected chi connectivity index (χ3v) is 4.69. The molecule has 0 bridgehead atoms. The molecule has 1 unspecified atom stereocenters. The normalized spacial score (nSPS) is 16.7. The number of amides is 2. The van der Waals surface area contributed by atoms with E-state index in [1.165, 1.54) is 5.56 Å². The van der Waals surface area contributed by atoms with Gasteiger partial charge in [0.25, 0.3) is 0 Å². The lowest BCUT2D eigenvalue weighted by Crippen LogP contribution is -2.43. The Labute approximate surface area is 150 Å². The molecule has 1 aromatic carbocycles. The molecule has 1 aromatic rings. The standard InChI is InChI=1S/C20H30N2O3/c1-15(2)14-21(11-12-25-4)20(24)13-19-18-8-6-5-7-17(18)9-10-22(19)16(3)23/h5-8,15,19H,9-14H2,1-4H3. The van der Waals surface area contributed by atoms with Crippen molar-refractivity contribution in [2.75, 3.05) is 33.4 Å². The van der Waals surface area contributed by atoms with Gasteiger partial charge in [-0.25, -0.2) is 0 Å². The fourth-order valence-electron chi connectivity index (χ4n) is 3.50. The summed E-state index contributed by atoms with van der Waals surface area (Å²) < 4.78 is 5.15. The maximum absolute atomic E-state index is 13.0. The van der Waals surface area contributed by atoms with Gasteiger partial charge in [-0.15, -0.1) is 0 Å². The van der Waals surface area contributed by atoms with Gasteiger partial charge in [-0.1, -0.05) is 38.1 Å². The van der Waals surface area contributed by atoms with Crippen molar-refractivity contribution in [3.63, 3.8) is 0 Å². The Bertz CT molecular complexity index is 600. The van der Waals surface area contributed by atoms with Gasteiger partial charge in [0.2, 0.25) is 11.8 Å². The van der Waals surface area contributed by atoms with Crippen LogP contribution in [-0.2, 0) is 20.7 Å². The van der Waals surface area contributed by atoms with Gasteiger partial charge in [-0.3, -0.25) is 9.59 Å². The summed E-state index contributed by atoms with van der Waals surface area (Å²) in [6.45, 7) is 8.28. The second kappa shape index (κ2) is 8.99. The van der Waals surface area contributed by atoms with Crippen LogP contribution in [-0.4, -0.2) is 55.0 Å². The van der Waals surface area contributed by atoms with Crippen LogP contribution in [0, 0.1) is 5.92 Å². The van der Waals surface area contributed by atoms with Crippen molar-refractivity contribution in [2.45, 2.75) is 39.7 Å². The van der Waals surface area contributed by atoms with Crippen LogP contribution in [0.5, 0.6) is 0 Å². The zero-order valence-electron chi connectivity index (χ0n) is 15.8. The van der Waals surface area contributed by atoms with Crippen molar-refractivity contribution < 1.29 is 14.3 Å². The van der Waals surface area contributed by atoms with E-state index in [-0.39, 0.29) is 17.9 Å². The third-order valence-electron chi connectivity index (χ3n) is 4.69. The molecule has 1 heterocycles. The zero-order chi connectivity index (χ0) is 18.4. The highest BCUT2D eigenvalue weighted by atomic mass is 16.5. The number of ether oxygens (including phenoxy) is 1. The average molecular weight is 346 g/mol. The second-order valence-electron chi connectivity index (χ2n) is 7.11. The number of carbonyl (C=O) groups excluding carboxylic acids is 2. The second-order valence-corrected chi connectivity index (χ2v) is 7.11. The Morgan fingerprint density at radius 3 is 2.68 bits per heavy atom. The Kier molecular flexibility index (Phi) is 7.00. The quantitative estimate of drug-likeness (QED) is 0.763. The largest absolute Gasteiger partial charge is 0.383 e. The first-order valence-electron chi connectivity index (χ1n) is 9.05. The number of hydrogen-bond donors (Lipinski definition) is 0. The van der Waals surface area contributed by atoms with Crippen molar-refractivity contribution >= 4 is 11.8 Å². The maximum atomic E-state index is 13.0. The molecular formula is C20H30N2O3. The number of methoxy groups -OCH3 is 1. The van der Waals surface area contributed by atoms with Crippen molar-refractivity contribution in [1.82, 2.24) is 9.80 Å². The van der Waals surface area contributed by atoms with E-state index in [4.69, 9.17) is 4.74 Å². The number of fused-ring (bicyclic) bond motifs is 1. The van der Waals surface area contributed by atoms with Crippen molar-refractivity contribution in [1.29, 1.82) is 0 Å². The van der Waals surface area contributed by atoms with Crippen LogP contribution in [0.3, 0.4) is 0 Å². The van der Waals surface area contributed by atoms with Crippen LogP contribution in [0.25, 0.3) is 0 Å². The summed E-state index contributed by atoms with van der Waals surface area (Å²) in [6.07, 6.45) is 1.17. The fraction of sp³-hybridized carbons (Fsp3) is 0.600. The van der Waals surface area contributed by atoms with Gasteiger partial charge in [-0.2, -0.15) is 0 Å². The van der Waals surface area contributed by atoms with Gasteiger partial charge in [0.15, 0.2) is 0 Å². The molecule has 25 heavy (non-hydrogen) atoms. The van der Waals surface area contributed by atoms with Crippen LogP contribution in [0.1, 0.15) is 44.4 Å². The highest BCUT2D eigenvalue weighted by Crippen LogP contribution is 2.32. The molecule has 5 heteroatoms. The first kappa shape index (κ1) is 19.4. The van der Waals surface area contributed by atoms with E-state index in [1.54, 1.807) is 14.0 Å². The highest BCUT2D eigenvalue weighted by molar-refractivity contribution is 5.79. The van der Waals surface area contributed by atoms with E-state index in [1.807, 2.05) is 28.0 Å². The number of nitrogens with zero attached hydrogens (tertiary/aromatic N) is 2. The average Bonchev–Trinajstić information content (AvgIpc) is 2.58. The summed E-state index contributed by atoms with van der Waals surface area (Å²) in [4.78, 5) is 28.8. The van der Waals surface area contributed by atoms with Crippen molar-refractivity contribution in [2.24, 2.45) is 5.92 Å². The van der Waals surface area contributed by atoms with Crippen molar-refractivity contribution in [3.8, 4) is 0 Å². The summed E-state index contributed by atoms with van der Waals surface area (Å²) in [6, 6.07) is 7.97. The lowest BCUT2D eigenvalue weighted by Gasteiger charge is -2.37. The van der Waals surface area contributed by atoms with Gasteiger partial charge in [0.05, 0.1) is 19.1 Å². The zero-order valence-corrected chi connectivity index (χ0v) is 15.8. The molecule has 2 amide bonds. The molecule has 0 saturated carbocycles. The summed E-state index contributed by atoms with van der Waals surface area (Å²) in [5.41, 5.74) is 2.35. The van der Waals surface area contributed by atoms with Gasteiger partial charge < -0.3 is 14.5 Å². The molecule has 138 valence electrons. The maximum Gasteiger partial charge on any atom is 0.225 e. The predicted octanol–water partition coefficient (Wildman–Crippen LogP) is 2.65. The molecule has 0 aromatic heterocycles. The van der Waals surface area contributed by atoms with E-state index >= 15 is 0 Å². The predicted molar refractivity (Wildman–Crippen MR) is 98.2 cm³/mol. The monoisotopic (exact) mass is 346 g/mol. The Morgan fingerprint density at radius 1 is 1.32 bits per heavy atom. The number of hydrogen-bond acceptors (Lipinski definition) is 3. The van der Waals surface area contributed by atoms with E-state index in [0.717, 1.165) is 12.0 Å². The van der Waals surface area contributed by atoms with E-state index < -0.39 is 0 Å². The molecule has 1 aliphatic heterocycles. The van der Waals surface area contributed by atoms with Gasteiger partial charge >= 0.3 is 0 Å². The Balaban J connectivity index is 2.21. The van der Waals surface area contributed by atoms with Crippen LogP contribution in [0.2, 0.25) is 0 Å². The molecule has 1 aliphatic rings. The minimum atomic E-state index is -0.174. The van der Waals surface area contributed by atoms with Crippen LogP contribution < -0.4 is 0 Å². The van der Waals surface area contributed by atoms with E-state index in [0.29, 0.717) is 38.6 Å². The molecule has 2 rings (SSSR count). The van der Waals surface area contributed by atoms with Gasteiger partial charge in [-0.05, 0) is 23.5 Å². The van der Waals surface area contributed by atoms with Gasteiger partial charge in [0.1, 0.15) is 0 Å². The summed E-state index contributed by atoms with van der Waals surface area (Å²) >= 11 is 0. The molecular weight excluding hydrogens is 316 g/mol. The van der Waals surface area contributed by atoms with Crippen molar-refractivity contribution in [3.05, 3.63) is 35.4 Å². The fourth-order valence-corrected chi connectivity index (χ4v) is 3.50. The van der Waals surface area contributed by atoms with Gasteiger partial charge in [0, 0.05) is 33.7 Å². The van der Waals surface area contributed by atoms with E-state index in [2.05, 4.69) is 19.9 Å². The minimum absolute atomic E-state index is 0.0274. The first-order valence-corrected chi connectivity index (χ1v) is 9.05. The first-order chi connectivity index (χ1) is 11.9. The molecule has 0 fully saturated rings. The van der Waals surface area contributed by atoms with Crippen LogP contribution >= 0.6 is 0 Å². The topological polar surface area (TPSA) is 49.9 Å². The molecule has 0 saturated heterocycles. The Morgan fingerprint density at radius 2 is 2.04 bits per heavy atom. The molecule has 0 spiro atoms. The number of carbonyl (C=O) groups is 2. The highest BCUT2D eigenvalue weighted by Gasteiger charge is 2.31. The number of rotatable bonds is 7. The summed E-state index contributed by atoms with van der Waals surface area (Å²) in [5, 5.41) is 0. The molecule has 1 atom stereocenters.